The van der Waals surface area contributed by atoms with Crippen molar-refractivity contribution >= 4 is 11.9 Å². The summed E-state index contributed by atoms with van der Waals surface area (Å²) in [6, 6.07) is 7.64. The summed E-state index contributed by atoms with van der Waals surface area (Å²) in [7, 11) is 1.56. The Bertz CT molecular complexity index is 848. The van der Waals surface area contributed by atoms with Crippen LogP contribution < -0.4 is 9.47 Å². The topological polar surface area (TPSA) is 98.2 Å². The van der Waals surface area contributed by atoms with E-state index in [1.165, 1.54) is 18.3 Å². The van der Waals surface area contributed by atoms with Gasteiger partial charge < -0.3 is 24.2 Å². The molecule has 2 heterocycles. The van der Waals surface area contributed by atoms with Crippen molar-refractivity contribution in [2.75, 3.05) is 26.8 Å². The van der Waals surface area contributed by atoms with Crippen LogP contribution in [0.1, 0.15) is 34.2 Å². The fourth-order valence-corrected chi connectivity index (χ4v) is 2.71. The lowest BCUT2D eigenvalue weighted by Crippen LogP contribution is -2.42. The number of aromatic nitrogens is 1. The van der Waals surface area contributed by atoms with Gasteiger partial charge in [0.15, 0.2) is 0 Å². The van der Waals surface area contributed by atoms with E-state index in [9.17, 15) is 14.7 Å². The molecule has 1 fully saturated rings. The Morgan fingerprint density at radius 3 is 2.50 bits per heavy atom. The van der Waals surface area contributed by atoms with Crippen LogP contribution in [0.2, 0.25) is 0 Å². The van der Waals surface area contributed by atoms with Gasteiger partial charge in [-0.1, -0.05) is 0 Å². The van der Waals surface area contributed by atoms with E-state index >= 15 is 0 Å². The predicted octanol–water partition coefficient (Wildman–Crippen LogP) is 2.83. The highest BCUT2D eigenvalue weighted by Crippen LogP contribution is 2.28. The largest absolute Gasteiger partial charge is 0.488 e. The second-order valence-electron chi connectivity index (χ2n) is 6.51. The van der Waals surface area contributed by atoms with Gasteiger partial charge in [-0.3, -0.25) is 4.79 Å². The number of carbonyl (C=O) groups is 2. The van der Waals surface area contributed by atoms with Crippen LogP contribution in [-0.2, 0) is 4.74 Å². The minimum Gasteiger partial charge on any atom is -0.488 e. The molecule has 0 spiro atoms. The van der Waals surface area contributed by atoms with Crippen LogP contribution >= 0.6 is 0 Å². The van der Waals surface area contributed by atoms with Crippen molar-refractivity contribution in [1.29, 1.82) is 0 Å². The number of carboxylic acid groups (broad SMARTS) is 1. The summed E-state index contributed by atoms with van der Waals surface area (Å²) in [4.78, 5) is 29.4. The first-order chi connectivity index (χ1) is 13.5. The Morgan fingerprint density at radius 2 is 1.93 bits per heavy atom. The van der Waals surface area contributed by atoms with E-state index in [0.717, 1.165) is 19.5 Å². The number of nitrogens with zero attached hydrogens (tertiary/aromatic N) is 2. The standard InChI is InChI=1S/C20H22N2O6/c1-13(12-26-2)27-16-8-14(20(24)25)9-17(10-16)28-15-4-5-18(21-11-15)19(23)22-6-3-7-22/h4-5,8-11,13H,3,6-7,12H2,1-2H3,(H,24,25)/t13-/m0/s1. The van der Waals surface area contributed by atoms with E-state index in [4.69, 9.17) is 14.2 Å². The number of pyridine rings is 1. The number of methoxy groups -OCH3 is 1. The highest BCUT2D eigenvalue weighted by Gasteiger charge is 2.22. The molecule has 0 aliphatic carbocycles. The summed E-state index contributed by atoms with van der Waals surface area (Å²) >= 11 is 0. The molecule has 0 bridgehead atoms. The number of amides is 1. The predicted molar refractivity (Wildman–Crippen MR) is 100 cm³/mol. The quantitative estimate of drug-likeness (QED) is 0.745. The molecular formula is C20H22N2O6. The van der Waals surface area contributed by atoms with Crippen LogP contribution in [0.3, 0.4) is 0 Å². The van der Waals surface area contributed by atoms with E-state index in [2.05, 4.69) is 4.98 Å². The molecule has 1 aromatic carbocycles. The summed E-state index contributed by atoms with van der Waals surface area (Å²) in [5.74, 6) is -0.157. The van der Waals surface area contributed by atoms with Crippen LogP contribution in [0, 0.1) is 0 Å². The number of likely N-dealkylation sites (tertiary alicyclic amines) is 1. The smallest absolute Gasteiger partial charge is 0.335 e. The first-order valence-electron chi connectivity index (χ1n) is 8.93. The molecule has 1 aliphatic rings. The van der Waals surface area contributed by atoms with Gasteiger partial charge in [-0.2, -0.15) is 0 Å². The van der Waals surface area contributed by atoms with Crippen LogP contribution in [0.5, 0.6) is 17.2 Å². The second-order valence-corrected chi connectivity index (χ2v) is 6.51. The molecule has 0 radical (unpaired) electrons. The monoisotopic (exact) mass is 386 g/mol. The Morgan fingerprint density at radius 1 is 1.18 bits per heavy atom. The molecule has 1 atom stereocenters. The van der Waals surface area contributed by atoms with Gasteiger partial charge in [0, 0.05) is 26.3 Å². The molecule has 148 valence electrons. The summed E-state index contributed by atoms with van der Waals surface area (Å²) < 4.78 is 16.4. The number of carbonyl (C=O) groups excluding carboxylic acids is 1. The molecule has 8 nitrogen and oxygen atoms in total. The molecule has 1 aromatic heterocycles. The van der Waals surface area contributed by atoms with Crippen molar-refractivity contribution < 1.29 is 28.9 Å². The minimum atomic E-state index is -1.09. The third-order valence-corrected chi connectivity index (χ3v) is 4.20. The maximum Gasteiger partial charge on any atom is 0.335 e. The molecule has 1 amide bonds. The lowest BCUT2D eigenvalue weighted by atomic mass is 10.2. The number of rotatable bonds is 8. The Kier molecular flexibility index (Phi) is 6.10. The molecule has 1 N–H and O–H groups in total. The van der Waals surface area contributed by atoms with Crippen LogP contribution in [-0.4, -0.2) is 59.8 Å². The Balaban J connectivity index is 1.75. The zero-order valence-corrected chi connectivity index (χ0v) is 15.8. The first kappa shape index (κ1) is 19.6. The highest BCUT2D eigenvalue weighted by molar-refractivity contribution is 5.92. The number of carboxylic acids is 1. The van der Waals surface area contributed by atoms with Gasteiger partial charge in [0.2, 0.25) is 0 Å². The second kappa shape index (κ2) is 8.71. The van der Waals surface area contributed by atoms with Crippen molar-refractivity contribution in [1.82, 2.24) is 9.88 Å². The molecule has 0 unspecified atom stereocenters. The lowest BCUT2D eigenvalue weighted by Gasteiger charge is -2.30. The fraction of sp³-hybridized carbons (Fsp3) is 0.350. The molecule has 2 aromatic rings. The van der Waals surface area contributed by atoms with E-state index in [-0.39, 0.29) is 17.6 Å². The normalized spacial score (nSPS) is 14.1. The zero-order chi connectivity index (χ0) is 20.1. The highest BCUT2D eigenvalue weighted by atomic mass is 16.5. The van der Waals surface area contributed by atoms with Gasteiger partial charge >= 0.3 is 5.97 Å². The number of hydrogen-bond donors (Lipinski definition) is 1. The molecular weight excluding hydrogens is 364 g/mol. The average molecular weight is 386 g/mol. The van der Waals surface area contributed by atoms with Gasteiger partial charge in [0.05, 0.1) is 18.4 Å². The Labute approximate surface area is 162 Å². The number of ether oxygens (including phenoxy) is 3. The maximum absolute atomic E-state index is 12.1. The van der Waals surface area contributed by atoms with Gasteiger partial charge in [0.25, 0.3) is 5.91 Å². The van der Waals surface area contributed by atoms with Gasteiger partial charge in [0.1, 0.15) is 29.0 Å². The van der Waals surface area contributed by atoms with E-state index in [0.29, 0.717) is 29.5 Å². The van der Waals surface area contributed by atoms with Gasteiger partial charge in [-0.05, 0) is 37.6 Å². The van der Waals surface area contributed by atoms with Crippen LogP contribution in [0.4, 0.5) is 0 Å². The third kappa shape index (κ3) is 4.77. The molecule has 0 saturated carbocycles. The maximum atomic E-state index is 12.1. The average Bonchev–Trinajstić information content (AvgIpc) is 2.60. The van der Waals surface area contributed by atoms with Crippen LogP contribution in [0.15, 0.2) is 36.5 Å². The van der Waals surface area contributed by atoms with Crippen molar-refractivity contribution in [2.24, 2.45) is 0 Å². The van der Waals surface area contributed by atoms with Crippen molar-refractivity contribution in [3.8, 4) is 17.2 Å². The number of benzene rings is 1. The van der Waals surface area contributed by atoms with Crippen LogP contribution in [0.25, 0.3) is 0 Å². The third-order valence-electron chi connectivity index (χ3n) is 4.20. The zero-order valence-electron chi connectivity index (χ0n) is 15.8. The lowest BCUT2D eigenvalue weighted by molar-refractivity contribution is 0.0644. The number of hydrogen-bond acceptors (Lipinski definition) is 6. The molecule has 28 heavy (non-hydrogen) atoms. The minimum absolute atomic E-state index is 0.0367. The van der Waals surface area contributed by atoms with Crippen molar-refractivity contribution in [3.05, 3.63) is 47.8 Å². The SMILES string of the molecule is COC[C@H](C)Oc1cc(Oc2ccc(C(=O)N3CCC3)nc2)cc(C(=O)O)c1. The van der Waals surface area contributed by atoms with E-state index < -0.39 is 5.97 Å². The van der Waals surface area contributed by atoms with Gasteiger partial charge in [-0.25, -0.2) is 9.78 Å². The summed E-state index contributed by atoms with van der Waals surface area (Å²) in [6.07, 6.45) is 2.20. The first-order valence-corrected chi connectivity index (χ1v) is 8.93. The molecule has 8 heteroatoms. The number of aromatic carboxylic acids is 1. The molecule has 3 rings (SSSR count). The molecule has 1 aliphatic heterocycles. The molecule has 1 saturated heterocycles. The summed E-state index contributed by atoms with van der Waals surface area (Å²) in [5, 5.41) is 9.33. The van der Waals surface area contributed by atoms with E-state index in [1.54, 1.807) is 30.2 Å². The Hall–Kier alpha value is -3.13. The van der Waals surface area contributed by atoms with Crippen molar-refractivity contribution in [3.63, 3.8) is 0 Å². The summed E-state index contributed by atoms with van der Waals surface area (Å²) in [6.45, 7) is 3.69. The van der Waals surface area contributed by atoms with E-state index in [1.807, 2.05) is 6.92 Å². The fourth-order valence-electron chi connectivity index (χ4n) is 2.71. The van der Waals surface area contributed by atoms with Gasteiger partial charge in [-0.15, -0.1) is 0 Å². The van der Waals surface area contributed by atoms with Crippen molar-refractivity contribution in [2.45, 2.75) is 19.4 Å². The summed E-state index contributed by atoms with van der Waals surface area (Å²) in [5.41, 5.74) is 0.387.